The van der Waals surface area contributed by atoms with Crippen molar-refractivity contribution in [2.45, 2.75) is 11.9 Å². The summed E-state index contributed by atoms with van der Waals surface area (Å²) in [7, 11) is -5.11. The summed E-state index contributed by atoms with van der Waals surface area (Å²) < 4.78 is 43.6. The third-order valence-corrected chi connectivity index (χ3v) is 3.00. The molecule has 0 rings (SSSR count). The van der Waals surface area contributed by atoms with Gasteiger partial charge in [0.1, 0.15) is 0 Å². The molecule has 0 radical (unpaired) electrons. The Hall–Kier alpha value is -1.21. The van der Waals surface area contributed by atoms with Crippen molar-refractivity contribution in [3.05, 3.63) is 25.3 Å². The molecule has 0 aromatic rings. The molecule has 0 fully saturated rings. The van der Waals surface area contributed by atoms with Gasteiger partial charge in [0.25, 0.3) is 5.91 Å². The van der Waals surface area contributed by atoms with Crippen molar-refractivity contribution in [1.82, 2.24) is 4.90 Å². The normalized spacial score (nSPS) is 14.9. The number of halogens is 1. The Morgan fingerprint density at radius 3 is 2.06 bits per heavy atom. The largest absolute Gasteiger partial charge is 0.331 e. The van der Waals surface area contributed by atoms with Gasteiger partial charge in [-0.05, 0) is 6.92 Å². The summed E-state index contributed by atoms with van der Waals surface area (Å²) in [4.78, 5) is 12.4. The second-order valence-electron chi connectivity index (χ2n) is 3.18. The minimum atomic E-state index is -5.11. The zero-order chi connectivity index (χ0) is 13.0. The summed E-state index contributed by atoms with van der Waals surface area (Å²) in [6, 6.07) is 0. The molecule has 0 saturated heterocycles. The van der Waals surface area contributed by atoms with Gasteiger partial charge in [-0.15, -0.1) is 13.2 Å². The van der Waals surface area contributed by atoms with Gasteiger partial charge >= 0.3 is 15.1 Å². The van der Waals surface area contributed by atoms with Crippen LogP contribution in [0.15, 0.2) is 25.3 Å². The molecule has 0 heterocycles. The quantitative estimate of drug-likeness (QED) is 0.558. The minimum absolute atomic E-state index is 0.0418. The van der Waals surface area contributed by atoms with Gasteiger partial charge in [-0.25, -0.2) is 4.39 Å². The van der Waals surface area contributed by atoms with Gasteiger partial charge in [-0.2, -0.15) is 8.42 Å². The van der Waals surface area contributed by atoms with Crippen molar-refractivity contribution in [2.24, 2.45) is 0 Å². The summed E-state index contributed by atoms with van der Waals surface area (Å²) in [5.74, 6) is -1.35. The molecule has 0 aliphatic carbocycles. The molecule has 92 valence electrons. The first-order valence-electron chi connectivity index (χ1n) is 4.35. The summed E-state index contributed by atoms with van der Waals surface area (Å²) in [5.41, 5.74) is 0. The van der Waals surface area contributed by atoms with Crippen LogP contribution < -0.4 is 0 Å². The molecule has 0 aromatic heterocycles. The Morgan fingerprint density at radius 1 is 1.44 bits per heavy atom. The number of hydrogen-bond donors (Lipinski definition) is 1. The molecule has 0 aromatic carbocycles. The van der Waals surface area contributed by atoms with E-state index in [9.17, 15) is 17.6 Å². The van der Waals surface area contributed by atoms with E-state index in [2.05, 4.69) is 13.2 Å². The van der Waals surface area contributed by atoms with Gasteiger partial charge in [0, 0.05) is 13.1 Å². The van der Waals surface area contributed by atoms with E-state index in [1.54, 1.807) is 0 Å². The Labute approximate surface area is 94.0 Å². The average Bonchev–Trinajstić information content (AvgIpc) is 2.14. The van der Waals surface area contributed by atoms with Crippen LogP contribution in [-0.4, -0.2) is 41.9 Å². The van der Waals surface area contributed by atoms with E-state index in [0.717, 1.165) is 4.90 Å². The Bertz CT molecular complexity index is 378. The molecule has 0 spiro atoms. The molecule has 5 nitrogen and oxygen atoms in total. The number of carbonyl (C=O) groups is 1. The van der Waals surface area contributed by atoms with Crippen molar-refractivity contribution >= 4 is 16.0 Å². The van der Waals surface area contributed by atoms with E-state index < -0.39 is 21.0 Å². The molecule has 1 atom stereocenters. The van der Waals surface area contributed by atoms with Crippen LogP contribution in [0.3, 0.4) is 0 Å². The molecule has 0 aliphatic heterocycles. The fourth-order valence-electron chi connectivity index (χ4n) is 0.945. The Morgan fingerprint density at radius 2 is 1.81 bits per heavy atom. The Kier molecular flexibility index (Phi) is 4.82. The highest BCUT2D eigenvalue weighted by Gasteiger charge is 2.48. The number of alkyl halides is 1. The van der Waals surface area contributed by atoms with Crippen molar-refractivity contribution < 1.29 is 22.2 Å². The van der Waals surface area contributed by atoms with E-state index in [1.165, 1.54) is 12.2 Å². The molecule has 0 aliphatic rings. The summed E-state index contributed by atoms with van der Waals surface area (Å²) >= 11 is 0. The number of rotatable bonds is 6. The highest BCUT2D eigenvalue weighted by Crippen LogP contribution is 2.20. The summed E-state index contributed by atoms with van der Waals surface area (Å²) in [6.07, 6.45) is 2.61. The molecular weight excluding hydrogens is 237 g/mol. The molecule has 1 amide bonds. The third kappa shape index (κ3) is 3.14. The molecule has 7 heteroatoms. The van der Waals surface area contributed by atoms with Crippen LogP contribution in [-0.2, 0) is 14.9 Å². The van der Waals surface area contributed by atoms with Crippen molar-refractivity contribution in [2.75, 3.05) is 13.1 Å². The zero-order valence-corrected chi connectivity index (χ0v) is 9.71. The SMILES string of the molecule is C=CCN(CC=C)C(=O)C(C)(F)S(=O)(=O)O. The lowest BCUT2D eigenvalue weighted by atomic mass is 10.3. The average molecular weight is 251 g/mol. The van der Waals surface area contributed by atoms with Crippen LogP contribution in [0.2, 0.25) is 0 Å². The van der Waals surface area contributed by atoms with Gasteiger partial charge in [-0.3, -0.25) is 9.35 Å². The predicted octanol–water partition coefficient (Wildman–Crippen LogP) is 0.760. The second-order valence-corrected chi connectivity index (χ2v) is 4.90. The van der Waals surface area contributed by atoms with Gasteiger partial charge in [0.05, 0.1) is 0 Å². The van der Waals surface area contributed by atoms with Crippen molar-refractivity contribution in [3.8, 4) is 0 Å². The first-order valence-corrected chi connectivity index (χ1v) is 5.79. The molecular formula is C9H14FNO4S. The first kappa shape index (κ1) is 14.8. The number of amides is 1. The standard InChI is InChI=1S/C9H14FNO4S/c1-4-6-11(7-5-2)8(12)9(3,10)16(13,14)15/h4-5H,1-2,6-7H2,3H3,(H,13,14,15). The smallest absolute Gasteiger partial charge is 0.309 e. The maximum Gasteiger partial charge on any atom is 0.309 e. The van der Waals surface area contributed by atoms with E-state index in [1.807, 2.05) is 0 Å². The van der Waals surface area contributed by atoms with E-state index in [0.29, 0.717) is 6.92 Å². The van der Waals surface area contributed by atoms with E-state index in [-0.39, 0.29) is 13.1 Å². The third-order valence-electron chi connectivity index (χ3n) is 1.85. The number of hydrogen-bond acceptors (Lipinski definition) is 3. The highest BCUT2D eigenvalue weighted by molar-refractivity contribution is 7.87. The van der Waals surface area contributed by atoms with Gasteiger partial charge in [0.2, 0.25) is 0 Å². The molecule has 1 N–H and O–H groups in total. The van der Waals surface area contributed by atoms with Gasteiger partial charge in [0.15, 0.2) is 0 Å². The fourth-order valence-corrected chi connectivity index (χ4v) is 1.29. The first-order chi connectivity index (χ1) is 7.18. The molecule has 0 bridgehead atoms. The predicted molar refractivity (Wildman–Crippen MR) is 58.0 cm³/mol. The van der Waals surface area contributed by atoms with Crippen LogP contribution >= 0.6 is 0 Å². The number of nitrogens with zero attached hydrogens (tertiary/aromatic N) is 1. The summed E-state index contributed by atoms with van der Waals surface area (Å²) in [6.45, 7) is 7.10. The Balaban J connectivity index is 5.14. The maximum atomic E-state index is 13.6. The lowest BCUT2D eigenvalue weighted by Gasteiger charge is -2.25. The fraction of sp³-hybridized carbons (Fsp3) is 0.444. The topological polar surface area (TPSA) is 74.7 Å². The molecule has 1 unspecified atom stereocenters. The molecule has 16 heavy (non-hydrogen) atoms. The van der Waals surface area contributed by atoms with Gasteiger partial charge in [-0.1, -0.05) is 12.2 Å². The van der Waals surface area contributed by atoms with Crippen LogP contribution in [0.1, 0.15) is 6.92 Å². The summed E-state index contributed by atoms with van der Waals surface area (Å²) in [5, 5.41) is -3.36. The van der Waals surface area contributed by atoms with E-state index in [4.69, 9.17) is 4.55 Å². The van der Waals surface area contributed by atoms with Crippen LogP contribution in [0.5, 0.6) is 0 Å². The van der Waals surface area contributed by atoms with Crippen LogP contribution in [0, 0.1) is 0 Å². The zero-order valence-electron chi connectivity index (χ0n) is 8.89. The van der Waals surface area contributed by atoms with Crippen LogP contribution in [0.4, 0.5) is 4.39 Å². The molecule has 0 saturated carbocycles. The maximum absolute atomic E-state index is 13.6. The minimum Gasteiger partial charge on any atom is -0.331 e. The van der Waals surface area contributed by atoms with Crippen molar-refractivity contribution in [3.63, 3.8) is 0 Å². The monoisotopic (exact) mass is 251 g/mol. The number of carbonyl (C=O) groups excluding carboxylic acids is 1. The van der Waals surface area contributed by atoms with E-state index >= 15 is 0 Å². The van der Waals surface area contributed by atoms with Crippen LogP contribution in [0.25, 0.3) is 0 Å². The lowest BCUT2D eigenvalue weighted by Crippen LogP contribution is -2.49. The lowest BCUT2D eigenvalue weighted by molar-refractivity contribution is -0.137. The van der Waals surface area contributed by atoms with Gasteiger partial charge < -0.3 is 4.90 Å². The highest BCUT2D eigenvalue weighted by atomic mass is 32.2. The second kappa shape index (κ2) is 5.22. The van der Waals surface area contributed by atoms with Crippen molar-refractivity contribution in [1.29, 1.82) is 0 Å².